The second kappa shape index (κ2) is 7.40. The summed E-state index contributed by atoms with van der Waals surface area (Å²) in [6.45, 7) is -1.36. The zero-order valence-electron chi connectivity index (χ0n) is 11.0. The number of halogens is 3. The molecule has 1 amide bonds. The van der Waals surface area contributed by atoms with E-state index in [1.54, 1.807) is 24.1 Å². The summed E-state index contributed by atoms with van der Waals surface area (Å²) in [6, 6.07) is 6.16. The zero-order valence-corrected chi connectivity index (χ0v) is 11.8. The van der Waals surface area contributed by atoms with Gasteiger partial charge >= 0.3 is 6.61 Å². The molecule has 20 heavy (non-hydrogen) atoms. The van der Waals surface area contributed by atoms with E-state index >= 15 is 0 Å². The first-order chi connectivity index (χ1) is 9.09. The van der Waals surface area contributed by atoms with Gasteiger partial charge in [-0.05, 0) is 25.1 Å². The Bertz CT molecular complexity index is 454. The van der Waals surface area contributed by atoms with Crippen LogP contribution in [0.1, 0.15) is 16.8 Å². The van der Waals surface area contributed by atoms with Gasteiger partial charge in [-0.1, -0.05) is 12.1 Å². The molecule has 0 bridgehead atoms. The van der Waals surface area contributed by atoms with Crippen molar-refractivity contribution in [2.75, 3.05) is 20.1 Å². The number of carbonyl (C=O) groups excluding carboxylic acids is 1. The number of carbonyl (C=O) groups is 1. The Balaban J connectivity index is 0.00000200. The highest BCUT2D eigenvalue weighted by Gasteiger charge is 2.26. The van der Waals surface area contributed by atoms with Gasteiger partial charge in [0.05, 0.1) is 5.56 Å². The summed E-state index contributed by atoms with van der Waals surface area (Å²) in [7, 11) is 1.68. The van der Waals surface area contributed by atoms with Gasteiger partial charge in [-0.3, -0.25) is 4.79 Å². The smallest absolute Gasteiger partial charge is 0.387 e. The molecular formula is C13H17ClF2N2O2. The number of rotatable bonds is 4. The summed E-state index contributed by atoms with van der Waals surface area (Å²) in [5.41, 5.74) is 0.164. The number of ether oxygens (including phenoxy) is 1. The molecule has 1 aliphatic heterocycles. The summed E-state index contributed by atoms with van der Waals surface area (Å²) < 4.78 is 29.0. The minimum atomic E-state index is -2.94. The number of hydrogen-bond donors (Lipinski definition) is 1. The van der Waals surface area contributed by atoms with Crippen LogP contribution in [-0.2, 0) is 0 Å². The normalized spacial score (nSPS) is 17.7. The van der Waals surface area contributed by atoms with E-state index in [1.165, 1.54) is 12.1 Å². The maximum atomic E-state index is 12.3. The second-order valence-corrected chi connectivity index (χ2v) is 4.44. The molecule has 1 atom stereocenters. The number of hydrogen-bond acceptors (Lipinski definition) is 3. The molecule has 1 N–H and O–H groups in total. The van der Waals surface area contributed by atoms with Gasteiger partial charge in [0.25, 0.3) is 5.91 Å². The summed E-state index contributed by atoms with van der Waals surface area (Å²) in [5.74, 6) is -0.384. The summed E-state index contributed by atoms with van der Waals surface area (Å²) in [6.07, 6.45) is 0.861. The lowest BCUT2D eigenvalue weighted by atomic mass is 10.1. The van der Waals surface area contributed by atoms with E-state index in [2.05, 4.69) is 10.1 Å². The topological polar surface area (TPSA) is 41.6 Å². The van der Waals surface area contributed by atoms with Gasteiger partial charge in [0.15, 0.2) is 0 Å². The summed E-state index contributed by atoms with van der Waals surface area (Å²) in [4.78, 5) is 13.9. The maximum absolute atomic E-state index is 12.3. The van der Waals surface area contributed by atoms with Crippen molar-refractivity contribution in [3.63, 3.8) is 0 Å². The molecule has 0 aliphatic carbocycles. The summed E-state index contributed by atoms with van der Waals surface area (Å²) in [5, 5.41) is 3.16. The Morgan fingerprint density at radius 3 is 2.75 bits per heavy atom. The molecule has 1 fully saturated rings. The molecule has 0 saturated carbocycles. The van der Waals surface area contributed by atoms with E-state index in [1.807, 2.05) is 0 Å². The van der Waals surface area contributed by atoms with Crippen molar-refractivity contribution in [3.8, 4) is 5.75 Å². The molecular weight excluding hydrogens is 290 g/mol. The third-order valence-corrected chi connectivity index (χ3v) is 3.24. The van der Waals surface area contributed by atoms with Crippen LogP contribution in [0.15, 0.2) is 24.3 Å². The molecule has 2 rings (SSSR count). The van der Waals surface area contributed by atoms with E-state index in [9.17, 15) is 13.6 Å². The Morgan fingerprint density at radius 2 is 2.15 bits per heavy atom. The van der Waals surface area contributed by atoms with Gasteiger partial charge in [0.1, 0.15) is 5.75 Å². The highest BCUT2D eigenvalue weighted by Crippen LogP contribution is 2.23. The van der Waals surface area contributed by atoms with Crippen molar-refractivity contribution in [3.05, 3.63) is 29.8 Å². The van der Waals surface area contributed by atoms with Crippen LogP contribution >= 0.6 is 12.4 Å². The van der Waals surface area contributed by atoms with Crippen LogP contribution in [0.3, 0.4) is 0 Å². The summed E-state index contributed by atoms with van der Waals surface area (Å²) >= 11 is 0. The van der Waals surface area contributed by atoms with Gasteiger partial charge in [-0.2, -0.15) is 8.78 Å². The van der Waals surface area contributed by atoms with Crippen molar-refractivity contribution in [2.45, 2.75) is 19.1 Å². The van der Waals surface area contributed by atoms with E-state index in [-0.39, 0.29) is 35.7 Å². The number of nitrogens with one attached hydrogen (secondary N) is 1. The minimum Gasteiger partial charge on any atom is -0.434 e. The molecule has 1 aromatic rings. The molecule has 112 valence electrons. The van der Waals surface area contributed by atoms with Crippen molar-refractivity contribution in [1.29, 1.82) is 0 Å². The predicted octanol–water partition coefficient (Wildman–Crippen LogP) is 2.14. The van der Waals surface area contributed by atoms with E-state index in [4.69, 9.17) is 0 Å². The predicted molar refractivity (Wildman–Crippen MR) is 73.7 cm³/mol. The van der Waals surface area contributed by atoms with Crippen molar-refractivity contribution >= 4 is 18.3 Å². The van der Waals surface area contributed by atoms with Crippen molar-refractivity contribution in [1.82, 2.24) is 10.2 Å². The lowest BCUT2D eigenvalue weighted by Crippen LogP contribution is -2.38. The highest BCUT2D eigenvalue weighted by atomic mass is 35.5. The van der Waals surface area contributed by atoms with Crippen LogP contribution < -0.4 is 10.1 Å². The van der Waals surface area contributed by atoms with Crippen LogP contribution in [0.5, 0.6) is 5.75 Å². The Hall–Kier alpha value is -1.40. The Morgan fingerprint density at radius 1 is 1.45 bits per heavy atom. The van der Waals surface area contributed by atoms with E-state index in [0.717, 1.165) is 19.5 Å². The first-order valence-electron chi connectivity index (χ1n) is 6.11. The number of nitrogens with zero attached hydrogens (tertiary/aromatic N) is 1. The SMILES string of the molecule is CN(C(=O)c1ccccc1OC(F)F)C1CCNC1.Cl. The quantitative estimate of drug-likeness (QED) is 0.927. The number of alkyl halides is 2. The van der Waals surface area contributed by atoms with Crippen LogP contribution in [0.25, 0.3) is 0 Å². The van der Waals surface area contributed by atoms with E-state index in [0.29, 0.717) is 0 Å². The van der Waals surface area contributed by atoms with Crippen LogP contribution in [-0.4, -0.2) is 43.6 Å². The zero-order chi connectivity index (χ0) is 13.8. The third-order valence-electron chi connectivity index (χ3n) is 3.24. The number of para-hydroxylation sites is 1. The van der Waals surface area contributed by atoms with Gasteiger partial charge < -0.3 is 15.0 Å². The minimum absolute atomic E-state index is 0. The molecule has 1 aromatic carbocycles. The molecule has 0 aromatic heterocycles. The fraction of sp³-hybridized carbons (Fsp3) is 0.462. The lowest BCUT2D eigenvalue weighted by Gasteiger charge is -2.24. The average molecular weight is 307 g/mol. The number of benzene rings is 1. The second-order valence-electron chi connectivity index (χ2n) is 4.44. The van der Waals surface area contributed by atoms with Crippen LogP contribution in [0.4, 0.5) is 8.78 Å². The van der Waals surface area contributed by atoms with Gasteiger partial charge in [-0.25, -0.2) is 0 Å². The Kier molecular flexibility index (Phi) is 6.16. The first-order valence-corrected chi connectivity index (χ1v) is 6.11. The largest absolute Gasteiger partial charge is 0.434 e. The Labute approximate surface area is 122 Å². The van der Waals surface area contributed by atoms with Crippen LogP contribution in [0, 0.1) is 0 Å². The van der Waals surface area contributed by atoms with Gasteiger partial charge in [0, 0.05) is 19.6 Å². The molecule has 7 heteroatoms. The van der Waals surface area contributed by atoms with E-state index < -0.39 is 6.61 Å². The fourth-order valence-electron chi connectivity index (χ4n) is 2.17. The molecule has 4 nitrogen and oxygen atoms in total. The lowest BCUT2D eigenvalue weighted by molar-refractivity contribution is -0.0502. The van der Waals surface area contributed by atoms with Crippen molar-refractivity contribution < 1.29 is 18.3 Å². The molecule has 1 aliphatic rings. The van der Waals surface area contributed by atoms with Crippen LogP contribution in [0.2, 0.25) is 0 Å². The average Bonchev–Trinajstić information content (AvgIpc) is 2.91. The number of likely N-dealkylation sites (N-methyl/N-ethyl adjacent to an activating group) is 1. The monoisotopic (exact) mass is 306 g/mol. The first kappa shape index (κ1) is 16.7. The third kappa shape index (κ3) is 3.80. The van der Waals surface area contributed by atoms with Crippen molar-refractivity contribution in [2.24, 2.45) is 0 Å². The molecule has 1 unspecified atom stereocenters. The van der Waals surface area contributed by atoms with Gasteiger partial charge in [-0.15, -0.1) is 12.4 Å². The fourth-order valence-corrected chi connectivity index (χ4v) is 2.17. The highest BCUT2D eigenvalue weighted by molar-refractivity contribution is 5.97. The molecule has 0 spiro atoms. The molecule has 0 radical (unpaired) electrons. The standard InChI is InChI=1S/C13H16F2N2O2.ClH/c1-17(9-6-7-16-8-9)12(18)10-4-2-3-5-11(10)19-13(14)15;/h2-5,9,13,16H,6-8H2,1H3;1H. The maximum Gasteiger partial charge on any atom is 0.387 e. The molecule has 1 saturated heterocycles. The number of amides is 1. The molecule has 1 heterocycles. The van der Waals surface area contributed by atoms with Gasteiger partial charge in [0.2, 0.25) is 0 Å².